The Kier molecular flexibility index (Phi) is 7.73. The summed E-state index contributed by atoms with van der Waals surface area (Å²) in [6, 6.07) is 15.2. The predicted molar refractivity (Wildman–Crippen MR) is 130 cm³/mol. The molecule has 1 aromatic heterocycles. The molecule has 1 atom stereocenters. The Morgan fingerprint density at radius 2 is 1.74 bits per heavy atom. The number of hydrogen-bond acceptors (Lipinski definition) is 6. The predicted octanol–water partition coefficient (Wildman–Crippen LogP) is 4.98. The van der Waals surface area contributed by atoms with Crippen LogP contribution in [0.15, 0.2) is 52.9 Å². The average molecular weight is 465 g/mol. The highest BCUT2D eigenvalue weighted by Gasteiger charge is 2.31. The van der Waals surface area contributed by atoms with Crippen LogP contribution >= 0.6 is 0 Å². The summed E-state index contributed by atoms with van der Waals surface area (Å²) >= 11 is 0. The molecule has 1 aliphatic rings. The molecular formula is C27H33FN4O2. The van der Waals surface area contributed by atoms with Gasteiger partial charge in [0.15, 0.2) is 0 Å². The largest absolute Gasteiger partial charge is 0.423 e. The Balaban J connectivity index is 1.45. The molecule has 4 rings (SSSR count). The van der Waals surface area contributed by atoms with E-state index in [-0.39, 0.29) is 23.6 Å². The third-order valence-electron chi connectivity index (χ3n) is 6.74. The van der Waals surface area contributed by atoms with E-state index in [1.54, 1.807) is 6.92 Å². The quantitative estimate of drug-likeness (QED) is 0.445. The maximum absolute atomic E-state index is 15.0. The van der Waals surface area contributed by atoms with Gasteiger partial charge in [0.25, 0.3) is 0 Å². The highest BCUT2D eigenvalue weighted by molar-refractivity contribution is 5.83. The lowest BCUT2D eigenvalue weighted by Gasteiger charge is -2.39. The summed E-state index contributed by atoms with van der Waals surface area (Å²) in [5.74, 6) is 1.09. The monoisotopic (exact) mass is 464 g/mol. The fraction of sp³-hybridized carbons (Fsp3) is 0.444. The second-order valence-electron chi connectivity index (χ2n) is 8.94. The van der Waals surface area contributed by atoms with Crippen LogP contribution in [0, 0.1) is 18.7 Å². The fourth-order valence-corrected chi connectivity index (χ4v) is 4.79. The van der Waals surface area contributed by atoms with Gasteiger partial charge in [-0.05, 0) is 36.1 Å². The number of carbonyl (C=O) groups is 1. The molecule has 7 heteroatoms. The molecule has 0 radical (unpaired) electrons. The number of piperazine rings is 1. The molecule has 3 aromatic rings. The van der Waals surface area contributed by atoms with Crippen molar-refractivity contribution in [2.24, 2.45) is 5.92 Å². The van der Waals surface area contributed by atoms with Crippen LogP contribution in [-0.4, -0.2) is 47.1 Å². The van der Waals surface area contributed by atoms with E-state index in [4.69, 9.17) is 4.42 Å². The lowest BCUT2D eigenvalue weighted by molar-refractivity contribution is -0.122. The van der Waals surface area contributed by atoms with Gasteiger partial charge in [-0.2, -0.15) is 0 Å². The van der Waals surface area contributed by atoms with Crippen molar-refractivity contribution in [3.8, 4) is 0 Å². The minimum absolute atomic E-state index is 0.0519. The first-order chi connectivity index (χ1) is 16.5. The fourth-order valence-electron chi connectivity index (χ4n) is 4.79. The molecule has 2 heterocycles. The summed E-state index contributed by atoms with van der Waals surface area (Å²) < 4.78 is 20.8. The van der Waals surface area contributed by atoms with E-state index in [2.05, 4.69) is 32.1 Å². The summed E-state index contributed by atoms with van der Waals surface area (Å²) in [5, 5.41) is 8.31. The van der Waals surface area contributed by atoms with Crippen molar-refractivity contribution in [3.63, 3.8) is 0 Å². The molecule has 0 aliphatic carbocycles. The van der Waals surface area contributed by atoms with Crippen molar-refractivity contribution in [2.75, 3.05) is 31.1 Å². The van der Waals surface area contributed by atoms with Crippen LogP contribution in [0.3, 0.4) is 0 Å². The maximum Gasteiger partial charge on any atom is 0.238 e. The van der Waals surface area contributed by atoms with Gasteiger partial charge in [0.1, 0.15) is 17.6 Å². The van der Waals surface area contributed by atoms with E-state index in [0.29, 0.717) is 37.0 Å². The first kappa shape index (κ1) is 24.1. The van der Waals surface area contributed by atoms with Crippen molar-refractivity contribution in [1.82, 2.24) is 15.1 Å². The third-order valence-corrected chi connectivity index (χ3v) is 6.74. The number of aromatic nitrogens is 2. The number of halogens is 1. The van der Waals surface area contributed by atoms with Gasteiger partial charge in [0, 0.05) is 45.4 Å². The van der Waals surface area contributed by atoms with Gasteiger partial charge in [-0.1, -0.05) is 50.2 Å². The molecule has 1 saturated heterocycles. The number of Topliss-reactive ketones (excluding diaryl/α,β-unsaturated/α-hetero) is 1. The van der Waals surface area contributed by atoms with Crippen molar-refractivity contribution < 1.29 is 13.6 Å². The molecule has 2 aromatic carbocycles. The SMILES string of the molecule is CCC(CC)C(=O)Cc1ccc(N2CCN(C(c3ccccc3)c3nnc(C)o3)CC2)c(F)c1. The first-order valence-corrected chi connectivity index (χ1v) is 12.1. The molecule has 0 saturated carbocycles. The zero-order chi connectivity index (χ0) is 24.1. The van der Waals surface area contributed by atoms with Crippen molar-refractivity contribution >= 4 is 11.5 Å². The second-order valence-corrected chi connectivity index (χ2v) is 8.94. The molecule has 1 fully saturated rings. The van der Waals surface area contributed by atoms with Crippen LogP contribution in [-0.2, 0) is 11.2 Å². The minimum atomic E-state index is -0.268. The molecular weight excluding hydrogens is 431 g/mol. The van der Waals surface area contributed by atoms with E-state index in [1.165, 1.54) is 6.07 Å². The second kappa shape index (κ2) is 10.9. The van der Waals surface area contributed by atoms with Crippen LogP contribution in [0.25, 0.3) is 0 Å². The standard InChI is InChI=1S/C27H33FN4O2/c1-4-21(5-2)25(33)18-20-11-12-24(23(28)17-20)31-13-15-32(16-14-31)26(22-9-7-6-8-10-22)27-30-29-19(3)34-27/h6-12,17,21,26H,4-5,13-16,18H2,1-3H3. The van der Waals surface area contributed by atoms with E-state index in [0.717, 1.165) is 37.1 Å². The van der Waals surface area contributed by atoms with Gasteiger partial charge in [-0.15, -0.1) is 10.2 Å². The van der Waals surface area contributed by atoms with Gasteiger partial charge >= 0.3 is 0 Å². The molecule has 0 spiro atoms. The number of carbonyl (C=O) groups excluding carboxylic acids is 1. The van der Waals surface area contributed by atoms with Crippen molar-refractivity contribution in [2.45, 2.75) is 46.1 Å². The molecule has 1 aliphatic heterocycles. The van der Waals surface area contributed by atoms with Gasteiger partial charge < -0.3 is 9.32 Å². The smallest absolute Gasteiger partial charge is 0.238 e. The Bertz CT molecular complexity index is 1090. The lowest BCUT2D eigenvalue weighted by Crippen LogP contribution is -2.48. The van der Waals surface area contributed by atoms with Crippen molar-refractivity contribution in [3.05, 3.63) is 77.3 Å². The number of nitrogens with zero attached hydrogens (tertiary/aromatic N) is 4. The molecule has 6 nitrogen and oxygen atoms in total. The summed E-state index contributed by atoms with van der Waals surface area (Å²) in [6.45, 7) is 8.67. The van der Waals surface area contributed by atoms with Gasteiger partial charge in [-0.3, -0.25) is 9.69 Å². The average Bonchev–Trinajstić information content (AvgIpc) is 3.27. The highest BCUT2D eigenvalue weighted by Crippen LogP contribution is 2.30. The summed E-state index contributed by atoms with van der Waals surface area (Å²) in [6.07, 6.45) is 1.94. The topological polar surface area (TPSA) is 62.5 Å². The zero-order valence-electron chi connectivity index (χ0n) is 20.2. The van der Waals surface area contributed by atoms with Crippen LogP contribution in [0.4, 0.5) is 10.1 Å². The normalized spacial score (nSPS) is 15.6. The Labute approximate surface area is 200 Å². The van der Waals surface area contributed by atoms with E-state index in [1.807, 2.05) is 44.2 Å². The Morgan fingerprint density at radius 3 is 2.32 bits per heavy atom. The number of ketones is 1. The van der Waals surface area contributed by atoms with Crippen molar-refractivity contribution in [1.29, 1.82) is 0 Å². The van der Waals surface area contributed by atoms with E-state index in [9.17, 15) is 4.79 Å². The summed E-state index contributed by atoms with van der Waals surface area (Å²) in [5.41, 5.74) is 2.42. The molecule has 34 heavy (non-hydrogen) atoms. The number of aryl methyl sites for hydroxylation is 1. The summed E-state index contributed by atoms with van der Waals surface area (Å²) in [4.78, 5) is 16.8. The molecule has 0 bridgehead atoms. The number of rotatable bonds is 9. The van der Waals surface area contributed by atoms with Gasteiger partial charge in [-0.25, -0.2) is 4.39 Å². The lowest BCUT2D eigenvalue weighted by atomic mass is 9.93. The molecule has 0 N–H and O–H groups in total. The van der Waals surface area contributed by atoms with Crippen LogP contribution in [0.5, 0.6) is 0 Å². The molecule has 1 unspecified atom stereocenters. The molecule has 0 amide bonds. The molecule has 180 valence electrons. The van der Waals surface area contributed by atoms with Gasteiger partial charge in [0.05, 0.1) is 5.69 Å². The summed E-state index contributed by atoms with van der Waals surface area (Å²) in [7, 11) is 0. The Hall–Kier alpha value is -3.06. The van der Waals surface area contributed by atoms with E-state index < -0.39 is 0 Å². The first-order valence-electron chi connectivity index (χ1n) is 12.1. The van der Waals surface area contributed by atoms with Crippen LogP contribution in [0.2, 0.25) is 0 Å². The van der Waals surface area contributed by atoms with Crippen LogP contribution in [0.1, 0.15) is 55.6 Å². The number of anilines is 1. The zero-order valence-corrected chi connectivity index (χ0v) is 20.2. The Morgan fingerprint density at radius 1 is 1.03 bits per heavy atom. The minimum Gasteiger partial charge on any atom is -0.423 e. The number of benzene rings is 2. The van der Waals surface area contributed by atoms with Gasteiger partial charge in [0.2, 0.25) is 11.8 Å². The van der Waals surface area contributed by atoms with E-state index >= 15 is 4.39 Å². The number of hydrogen-bond donors (Lipinski definition) is 0. The highest BCUT2D eigenvalue weighted by atomic mass is 19.1. The van der Waals surface area contributed by atoms with Crippen LogP contribution < -0.4 is 4.90 Å². The maximum atomic E-state index is 15.0. The third kappa shape index (κ3) is 5.36.